The molecule has 0 bridgehead atoms. The van der Waals surface area contributed by atoms with Crippen molar-refractivity contribution >= 4 is 17.7 Å². The molecule has 1 unspecified atom stereocenters. The summed E-state index contributed by atoms with van der Waals surface area (Å²) in [4.78, 5) is 13.4. The second kappa shape index (κ2) is 4.11. The van der Waals surface area contributed by atoms with E-state index in [1.165, 1.54) is 25.7 Å². The number of hydrogen-bond acceptors (Lipinski definition) is 3. The molecule has 0 radical (unpaired) electrons. The average Bonchev–Trinajstić information content (AvgIpc) is 2.25. The molecule has 2 N–H and O–H groups in total. The number of hydrogen-bond donors (Lipinski definition) is 1. The summed E-state index contributed by atoms with van der Waals surface area (Å²) in [5.74, 6) is 0.164. The number of rotatable bonds is 2. The van der Waals surface area contributed by atoms with Gasteiger partial charge >= 0.3 is 0 Å². The predicted molar refractivity (Wildman–Crippen MR) is 59.2 cm³/mol. The summed E-state index contributed by atoms with van der Waals surface area (Å²) in [6.07, 6.45) is 7.03. The number of amides is 1. The van der Waals surface area contributed by atoms with Gasteiger partial charge in [0.1, 0.15) is 6.04 Å². The molecule has 1 saturated heterocycles. The number of thioether (sulfide) groups is 1. The van der Waals surface area contributed by atoms with Crippen LogP contribution in [0.4, 0.5) is 0 Å². The summed E-state index contributed by atoms with van der Waals surface area (Å²) in [6.45, 7) is 0.785. The third-order valence-corrected chi connectivity index (χ3v) is 4.55. The number of β-lactam (4-membered cyclic amide) rings is 1. The molecular weight excluding hydrogens is 196 g/mol. The molecule has 1 heterocycles. The van der Waals surface area contributed by atoms with Crippen molar-refractivity contribution in [2.75, 3.05) is 12.8 Å². The largest absolute Gasteiger partial charge is 0.336 e. The van der Waals surface area contributed by atoms with Crippen molar-refractivity contribution in [3.63, 3.8) is 0 Å². The molecule has 0 aromatic carbocycles. The van der Waals surface area contributed by atoms with E-state index in [4.69, 9.17) is 5.73 Å². The molecule has 0 spiro atoms. The van der Waals surface area contributed by atoms with Gasteiger partial charge in [-0.1, -0.05) is 0 Å². The van der Waals surface area contributed by atoms with Gasteiger partial charge in [0.15, 0.2) is 0 Å². The van der Waals surface area contributed by atoms with Gasteiger partial charge in [-0.3, -0.25) is 4.79 Å². The Balaban J connectivity index is 1.81. The Hall–Kier alpha value is -0.220. The molecule has 1 amide bonds. The molecule has 4 heteroatoms. The molecule has 0 aromatic rings. The van der Waals surface area contributed by atoms with Crippen LogP contribution in [0.2, 0.25) is 0 Å². The molecule has 1 aliphatic heterocycles. The van der Waals surface area contributed by atoms with Gasteiger partial charge in [0.05, 0.1) is 0 Å². The van der Waals surface area contributed by atoms with Crippen LogP contribution in [-0.4, -0.2) is 40.9 Å². The second-order valence-electron chi connectivity index (χ2n) is 4.26. The van der Waals surface area contributed by atoms with Gasteiger partial charge in [-0.25, -0.2) is 0 Å². The normalized spacial score (nSPS) is 38.3. The first kappa shape index (κ1) is 10.3. The van der Waals surface area contributed by atoms with Crippen LogP contribution in [0.1, 0.15) is 25.7 Å². The molecule has 1 aliphatic carbocycles. The van der Waals surface area contributed by atoms with E-state index in [1.54, 1.807) is 0 Å². The van der Waals surface area contributed by atoms with Crippen LogP contribution in [0.5, 0.6) is 0 Å². The van der Waals surface area contributed by atoms with Crippen LogP contribution >= 0.6 is 11.8 Å². The Morgan fingerprint density at radius 3 is 2.43 bits per heavy atom. The van der Waals surface area contributed by atoms with Crippen LogP contribution in [0.15, 0.2) is 0 Å². The summed E-state index contributed by atoms with van der Waals surface area (Å²) in [6, 6.07) is 0.291. The summed E-state index contributed by atoms with van der Waals surface area (Å²) in [5.41, 5.74) is 5.58. The molecule has 2 fully saturated rings. The first-order valence-corrected chi connectivity index (χ1v) is 6.60. The number of nitrogens with zero attached hydrogens (tertiary/aromatic N) is 1. The van der Waals surface area contributed by atoms with Crippen molar-refractivity contribution < 1.29 is 4.79 Å². The minimum absolute atomic E-state index is 0.164. The molecule has 1 saturated carbocycles. The van der Waals surface area contributed by atoms with E-state index in [-0.39, 0.29) is 11.9 Å². The van der Waals surface area contributed by atoms with E-state index in [0.717, 1.165) is 11.8 Å². The van der Waals surface area contributed by atoms with E-state index in [9.17, 15) is 4.79 Å². The van der Waals surface area contributed by atoms with Crippen LogP contribution in [0.3, 0.4) is 0 Å². The van der Waals surface area contributed by atoms with Crippen molar-refractivity contribution in [1.29, 1.82) is 0 Å². The standard InChI is InChI=1S/C10H18N2OS/c1-14-8-4-2-7(3-5-8)12-6-9(11)10(12)13/h7-9H,2-6,11H2,1H3. The zero-order valence-electron chi connectivity index (χ0n) is 8.61. The van der Waals surface area contributed by atoms with Gasteiger partial charge in [-0.2, -0.15) is 11.8 Å². The second-order valence-corrected chi connectivity index (χ2v) is 5.40. The van der Waals surface area contributed by atoms with Gasteiger partial charge < -0.3 is 10.6 Å². The maximum atomic E-state index is 11.4. The maximum absolute atomic E-state index is 11.4. The molecule has 2 aliphatic rings. The highest BCUT2D eigenvalue weighted by Gasteiger charge is 2.39. The maximum Gasteiger partial charge on any atom is 0.241 e. The minimum Gasteiger partial charge on any atom is -0.336 e. The lowest BCUT2D eigenvalue weighted by Gasteiger charge is -2.44. The topological polar surface area (TPSA) is 46.3 Å². The van der Waals surface area contributed by atoms with Gasteiger partial charge in [0.2, 0.25) is 5.91 Å². The Bertz CT molecular complexity index is 226. The van der Waals surface area contributed by atoms with Crippen molar-refractivity contribution in [3.8, 4) is 0 Å². The van der Waals surface area contributed by atoms with E-state index in [1.807, 2.05) is 16.7 Å². The lowest BCUT2D eigenvalue weighted by Crippen LogP contribution is -2.64. The third-order valence-electron chi connectivity index (χ3n) is 3.41. The highest BCUT2D eigenvalue weighted by Crippen LogP contribution is 2.31. The lowest BCUT2D eigenvalue weighted by atomic mass is 9.90. The van der Waals surface area contributed by atoms with Crippen LogP contribution in [0.25, 0.3) is 0 Å². The Morgan fingerprint density at radius 1 is 1.36 bits per heavy atom. The van der Waals surface area contributed by atoms with E-state index in [0.29, 0.717) is 6.04 Å². The number of carbonyl (C=O) groups is 1. The van der Waals surface area contributed by atoms with Crippen LogP contribution < -0.4 is 5.73 Å². The Morgan fingerprint density at radius 2 is 2.00 bits per heavy atom. The molecule has 80 valence electrons. The Labute approximate surface area is 89.4 Å². The third kappa shape index (κ3) is 1.77. The molecule has 2 rings (SSSR count). The van der Waals surface area contributed by atoms with Crippen LogP contribution in [-0.2, 0) is 4.79 Å². The van der Waals surface area contributed by atoms with E-state index >= 15 is 0 Å². The molecule has 1 atom stereocenters. The van der Waals surface area contributed by atoms with Gasteiger partial charge in [-0.15, -0.1) is 0 Å². The highest BCUT2D eigenvalue weighted by atomic mass is 32.2. The van der Waals surface area contributed by atoms with E-state index in [2.05, 4.69) is 6.26 Å². The quantitative estimate of drug-likeness (QED) is 0.693. The van der Waals surface area contributed by atoms with Crippen molar-refractivity contribution in [3.05, 3.63) is 0 Å². The first-order chi connectivity index (χ1) is 6.72. The average molecular weight is 214 g/mol. The number of carbonyl (C=O) groups excluding carboxylic acids is 1. The number of likely N-dealkylation sites (tertiary alicyclic amines) is 1. The summed E-state index contributed by atoms with van der Waals surface area (Å²) < 4.78 is 0. The summed E-state index contributed by atoms with van der Waals surface area (Å²) >= 11 is 1.96. The van der Waals surface area contributed by atoms with Crippen LogP contribution in [0, 0.1) is 0 Å². The molecular formula is C10H18N2OS. The monoisotopic (exact) mass is 214 g/mol. The van der Waals surface area contributed by atoms with Gasteiger partial charge in [0, 0.05) is 17.8 Å². The SMILES string of the molecule is CSC1CCC(N2CC(N)C2=O)CC1. The number of nitrogens with two attached hydrogens (primary N) is 1. The smallest absolute Gasteiger partial charge is 0.241 e. The zero-order valence-corrected chi connectivity index (χ0v) is 9.43. The first-order valence-electron chi connectivity index (χ1n) is 5.31. The van der Waals surface area contributed by atoms with Crippen molar-refractivity contribution in [1.82, 2.24) is 4.90 Å². The van der Waals surface area contributed by atoms with Gasteiger partial charge in [0.25, 0.3) is 0 Å². The molecule has 0 aromatic heterocycles. The minimum atomic E-state index is -0.201. The zero-order chi connectivity index (χ0) is 10.1. The highest BCUT2D eigenvalue weighted by molar-refractivity contribution is 7.99. The molecule has 3 nitrogen and oxygen atoms in total. The van der Waals surface area contributed by atoms with Crippen molar-refractivity contribution in [2.24, 2.45) is 5.73 Å². The van der Waals surface area contributed by atoms with Crippen molar-refractivity contribution in [2.45, 2.75) is 43.0 Å². The summed E-state index contributed by atoms with van der Waals surface area (Å²) in [7, 11) is 0. The fraction of sp³-hybridized carbons (Fsp3) is 0.900. The summed E-state index contributed by atoms with van der Waals surface area (Å²) in [5, 5.41) is 0.816. The predicted octanol–water partition coefficient (Wildman–Crippen LogP) is 0.830. The molecule has 14 heavy (non-hydrogen) atoms. The Kier molecular flexibility index (Phi) is 3.02. The van der Waals surface area contributed by atoms with Gasteiger partial charge in [-0.05, 0) is 31.9 Å². The fourth-order valence-corrected chi connectivity index (χ4v) is 3.15. The fourth-order valence-electron chi connectivity index (χ4n) is 2.40. The lowest BCUT2D eigenvalue weighted by molar-refractivity contribution is -0.146. The van der Waals surface area contributed by atoms with E-state index < -0.39 is 0 Å².